The second-order valence-electron chi connectivity index (χ2n) is 7.49. The van der Waals surface area contributed by atoms with E-state index in [1.807, 2.05) is 32.9 Å². The number of carbonyl (C=O) groups is 1. The van der Waals surface area contributed by atoms with E-state index in [0.717, 1.165) is 22.1 Å². The van der Waals surface area contributed by atoms with Crippen LogP contribution in [0.4, 0.5) is 4.79 Å². The second kappa shape index (κ2) is 5.66. The zero-order chi connectivity index (χ0) is 17.6. The number of furan rings is 1. The molecule has 1 amide bonds. The van der Waals surface area contributed by atoms with Gasteiger partial charge in [0.1, 0.15) is 11.2 Å². The van der Waals surface area contributed by atoms with Crippen molar-refractivity contribution in [1.82, 2.24) is 4.90 Å². The van der Waals surface area contributed by atoms with Crippen molar-refractivity contribution in [3.63, 3.8) is 0 Å². The molecule has 2 aromatic carbocycles. The van der Waals surface area contributed by atoms with Crippen LogP contribution in [0.5, 0.6) is 0 Å². The van der Waals surface area contributed by atoms with E-state index >= 15 is 0 Å². The van der Waals surface area contributed by atoms with Crippen LogP contribution in [-0.2, 0) is 17.8 Å². The van der Waals surface area contributed by atoms with Crippen LogP contribution >= 0.6 is 0 Å². The van der Waals surface area contributed by atoms with Crippen molar-refractivity contribution in [2.75, 3.05) is 0 Å². The highest BCUT2D eigenvalue weighted by atomic mass is 16.6. The fourth-order valence-corrected chi connectivity index (χ4v) is 3.18. The number of benzene rings is 2. The van der Waals surface area contributed by atoms with Crippen molar-refractivity contribution >= 4 is 17.1 Å². The number of fused-ring (bicyclic) bond motifs is 2. The number of rotatable bonds is 1. The van der Waals surface area contributed by atoms with Crippen molar-refractivity contribution in [2.24, 2.45) is 0 Å². The Kier molecular flexibility index (Phi) is 3.57. The van der Waals surface area contributed by atoms with Crippen LogP contribution in [0.2, 0.25) is 0 Å². The minimum atomic E-state index is -0.475. The predicted molar refractivity (Wildman–Crippen MR) is 97.1 cm³/mol. The van der Waals surface area contributed by atoms with Crippen LogP contribution in [-0.4, -0.2) is 16.6 Å². The van der Waals surface area contributed by atoms with E-state index in [1.165, 1.54) is 11.1 Å². The third kappa shape index (κ3) is 3.12. The van der Waals surface area contributed by atoms with Gasteiger partial charge >= 0.3 is 6.09 Å². The highest BCUT2D eigenvalue weighted by Gasteiger charge is 2.27. The van der Waals surface area contributed by atoms with Crippen LogP contribution in [0, 0.1) is 0 Å². The topological polar surface area (TPSA) is 42.7 Å². The second-order valence-corrected chi connectivity index (χ2v) is 7.49. The molecule has 0 bridgehead atoms. The lowest BCUT2D eigenvalue weighted by Gasteiger charge is -2.24. The van der Waals surface area contributed by atoms with Gasteiger partial charge in [0.15, 0.2) is 0 Å². The maximum Gasteiger partial charge on any atom is 0.410 e. The molecule has 0 radical (unpaired) electrons. The van der Waals surface area contributed by atoms with Crippen molar-refractivity contribution in [3.05, 3.63) is 59.9 Å². The Morgan fingerprint density at radius 2 is 1.72 bits per heavy atom. The molecule has 1 aliphatic heterocycles. The Balaban J connectivity index is 1.58. The van der Waals surface area contributed by atoms with Crippen molar-refractivity contribution in [1.29, 1.82) is 0 Å². The van der Waals surface area contributed by atoms with Gasteiger partial charge in [0, 0.05) is 18.5 Å². The Hall–Kier alpha value is -2.75. The van der Waals surface area contributed by atoms with Gasteiger partial charge in [0.05, 0.1) is 6.26 Å². The number of amides is 1. The number of nitrogens with zero attached hydrogens (tertiary/aromatic N) is 1. The average Bonchev–Trinajstić information content (AvgIpc) is 3.18. The third-order valence-electron chi connectivity index (χ3n) is 4.37. The molecule has 0 N–H and O–H groups in total. The lowest BCUT2D eigenvalue weighted by atomic mass is 10.00. The summed E-state index contributed by atoms with van der Waals surface area (Å²) in [6.07, 6.45) is 1.45. The van der Waals surface area contributed by atoms with Crippen molar-refractivity contribution in [2.45, 2.75) is 39.5 Å². The Morgan fingerprint density at radius 1 is 1.00 bits per heavy atom. The third-order valence-corrected chi connectivity index (χ3v) is 4.37. The number of carbonyl (C=O) groups excluding carboxylic acids is 1. The molecule has 0 atom stereocenters. The predicted octanol–water partition coefficient (Wildman–Crippen LogP) is 5.35. The van der Waals surface area contributed by atoms with Gasteiger partial charge in [-0.3, -0.25) is 4.90 Å². The molecule has 128 valence electrons. The Labute approximate surface area is 147 Å². The maximum atomic E-state index is 12.3. The van der Waals surface area contributed by atoms with Gasteiger partial charge in [-0.05, 0) is 67.3 Å². The van der Waals surface area contributed by atoms with Crippen LogP contribution in [0.25, 0.3) is 22.1 Å². The standard InChI is InChI=1S/C21H21NO3/c1-21(2,3)25-20(23)22-12-17-5-4-14(11-18(17)13-22)15-6-7-19-16(10-15)8-9-24-19/h4-11H,12-13H2,1-3H3. The summed E-state index contributed by atoms with van der Waals surface area (Å²) in [4.78, 5) is 14.0. The molecule has 4 heteroatoms. The summed E-state index contributed by atoms with van der Waals surface area (Å²) in [7, 11) is 0. The minimum Gasteiger partial charge on any atom is -0.464 e. The van der Waals surface area contributed by atoms with E-state index < -0.39 is 5.60 Å². The molecular formula is C21H21NO3. The largest absolute Gasteiger partial charge is 0.464 e. The van der Waals surface area contributed by atoms with E-state index in [4.69, 9.17) is 9.15 Å². The smallest absolute Gasteiger partial charge is 0.410 e. The summed E-state index contributed by atoms with van der Waals surface area (Å²) in [5, 5.41) is 1.09. The van der Waals surface area contributed by atoms with E-state index in [0.29, 0.717) is 13.1 Å². The molecule has 2 heterocycles. The van der Waals surface area contributed by atoms with Gasteiger partial charge in [-0.1, -0.05) is 18.2 Å². The van der Waals surface area contributed by atoms with E-state index in [2.05, 4.69) is 30.3 Å². The van der Waals surface area contributed by atoms with Crippen molar-refractivity contribution < 1.29 is 13.9 Å². The molecule has 0 fully saturated rings. The first kappa shape index (κ1) is 15.8. The molecule has 1 aromatic heterocycles. The molecule has 0 saturated heterocycles. The Bertz CT molecular complexity index is 949. The first-order chi connectivity index (χ1) is 11.9. The number of hydrogen-bond donors (Lipinski definition) is 0. The Morgan fingerprint density at radius 3 is 2.52 bits per heavy atom. The SMILES string of the molecule is CC(C)(C)OC(=O)N1Cc2ccc(-c3ccc4occc4c3)cc2C1. The van der Waals surface area contributed by atoms with Gasteiger partial charge in [-0.2, -0.15) is 0 Å². The molecule has 3 aromatic rings. The molecular weight excluding hydrogens is 314 g/mol. The van der Waals surface area contributed by atoms with Gasteiger partial charge < -0.3 is 9.15 Å². The summed E-state index contributed by atoms with van der Waals surface area (Å²) < 4.78 is 10.9. The van der Waals surface area contributed by atoms with E-state index in [9.17, 15) is 4.79 Å². The molecule has 1 aliphatic rings. The van der Waals surface area contributed by atoms with Crippen LogP contribution in [0.15, 0.2) is 53.1 Å². The fraction of sp³-hybridized carbons (Fsp3) is 0.286. The molecule has 0 unspecified atom stereocenters. The molecule has 0 aliphatic carbocycles. The molecule has 0 saturated carbocycles. The van der Waals surface area contributed by atoms with Gasteiger partial charge in [0.2, 0.25) is 0 Å². The van der Waals surface area contributed by atoms with Crippen LogP contribution in [0.1, 0.15) is 31.9 Å². The van der Waals surface area contributed by atoms with E-state index in [-0.39, 0.29) is 6.09 Å². The zero-order valence-electron chi connectivity index (χ0n) is 14.7. The lowest BCUT2D eigenvalue weighted by molar-refractivity contribution is 0.0242. The van der Waals surface area contributed by atoms with Gasteiger partial charge in [-0.25, -0.2) is 4.79 Å². The molecule has 4 nitrogen and oxygen atoms in total. The quantitative estimate of drug-likeness (QED) is 0.602. The molecule has 4 rings (SSSR count). The monoisotopic (exact) mass is 335 g/mol. The summed E-state index contributed by atoms with van der Waals surface area (Å²) >= 11 is 0. The van der Waals surface area contributed by atoms with Crippen LogP contribution in [0.3, 0.4) is 0 Å². The van der Waals surface area contributed by atoms with Gasteiger partial charge in [0.25, 0.3) is 0 Å². The summed E-state index contributed by atoms with van der Waals surface area (Å²) in [5.41, 5.74) is 5.06. The first-order valence-electron chi connectivity index (χ1n) is 8.46. The highest BCUT2D eigenvalue weighted by molar-refractivity contribution is 5.83. The average molecular weight is 335 g/mol. The number of hydrogen-bond acceptors (Lipinski definition) is 3. The lowest BCUT2D eigenvalue weighted by Crippen LogP contribution is -2.33. The number of ether oxygens (including phenoxy) is 1. The van der Waals surface area contributed by atoms with Crippen molar-refractivity contribution in [3.8, 4) is 11.1 Å². The maximum absolute atomic E-state index is 12.3. The summed E-state index contributed by atoms with van der Waals surface area (Å²) in [6, 6.07) is 14.5. The zero-order valence-corrected chi connectivity index (χ0v) is 14.7. The molecule has 25 heavy (non-hydrogen) atoms. The normalized spacial score (nSPS) is 14.0. The minimum absolute atomic E-state index is 0.259. The first-order valence-corrected chi connectivity index (χ1v) is 8.46. The molecule has 0 spiro atoms. The highest BCUT2D eigenvalue weighted by Crippen LogP contribution is 2.31. The van der Waals surface area contributed by atoms with Crippen LogP contribution < -0.4 is 0 Å². The van der Waals surface area contributed by atoms with Gasteiger partial charge in [-0.15, -0.1) is 0 Å². The fourth-order valence-electron chi connectivity index (χ4n) is 3.18. The van der Waals surface area contributed by atoms with E-state index in [1.54, 1.807) is 11.2 Å². The summed E-state index contributed by atoms with van der Waals surface area (Å²) in [6.45, 7) is 6.85. The summed E-state index contributed by atoms with van der Waals surface area (Å²) in [5.74, 6) is 0.